The third-order valence-corrected chi connectivity index (χ3v) is 4.31. The molecule has 0 unspecified atom stereocenters. The standard InChI is InChI=1S/C19H22N2O3/c1-13-11-17(14(2)24-13)19(23)20-16-7-5-15(6-8-16)12-18(22)21-9-3-4-10-21/h5-8,11H,3-4,9-10,12H2,1-2H3,(H,20,23). The number of likely N-dealkylation sites (tertiary alicyclic amines) is 1. The maximum Gasteiger partial charge on any atom is 0.259 e. The number of amides is 2. The van der Waals surface area contributed by atoms with Crippen molar-refractivity contribution in [3.8, 4) is 0 Å². The van der Waals surface area contributed by atoms with Crippen molar-refractivity contribution in [3.63, 3.8) is 0 Å². The van der Waals surface area contributed by atoms with E-state index < -0.39 is 0 Å². The molecule has 0 atom stereocenters. The number of carbonyl (C=O) groups excluding carboxylic acids is 2. The lowest BCUT2D eigenvalue weighted by atomic mass is 10.1. The van der Waals surface area contributed by atoms with Gasteiger partial charge in [0.25, 0.3) is 5.91 Å². The predicted octanol–water partition coefficient (Wildman–Crippen LogP) is 3.31. The SMILES string of the molecule is Cc1cc(C(=O)Nc2ccc(CC(=O)N3CCCC3)cc2)c(C)o1. The molecule has 1 aliphatic heterocycles. The predicted molar refractivity (Wildman–Crippen MR) is 92.1 cm³/mol. The monoisotopic (exact) mass is 326 g/mol. The number of aryl methyl sites for hydroxylation is 2. The van der Waals surface area contributed by atoms with E-state index in [4.69, 9.17) is 4.42 Å². The first-order chi connectivity index (χ1) is 11.5. The highest BCUT2D eigenvalue weighted by atomic mass is 16.3. The van der Waals surface area contributed by atoms with Crippen molar-refractivity contribution in [1.82, 2.24) is 4.90 Å². The first-order valence-corrected chi connectivity index (χ1v) is 8.28. The molecule has 0 radical (unpaired) electrons. The van der Waals surface area contributed by atoms with Gasteiger partial charge in [-0.25, -0.2) is 0 Å². The van der Waals surface area contributed by atoms with Gasteiger partial charge in [-0.2, -0.15) is 0 Å². The third-order valence-electron chi connectivity index (χ3n) is 4.31. The molecular formula is C19H22N2O3. The van der Waals surface area contributed by atoms with Crippen LogP contribution >= 0.6 is 0 Å². The van der Waals surface area contributed by atoms with Crippen molar-refractivity contribution in [3.05, 3.63) is 53.0 Å². The molecular weight excluding hydrogens is 304 g/mol. The maximum absolute atomic E-state index is 12.3. The summed E-state index contributed by atoms with van der Waals surface area (Å²) in [6.07, 6.45) is 2.61. The van der Waals surface area contributed by atoms with Crippen LogP contribution in [0.15, 0.2) is 34.7 Å². The lowest BCUT2D eigenvalue weighted by molar-refractivity contribution is -0.129. The van der Waals surface area contributed by atoms with Crippen LogP contribution in [-0.4, -0.2) is 29.8 Å². The van der Waals surface area contributed by atoms with Crippen molar-refractivity contribution in [2.24, 2.45) is 0 Å². The molecule has 0 spiro atoms. The Kier molecular flexibility index (Phi) is 4.69. The summed E-state index contributed by atoms with van der Waals surface area (Å²) in [7, 11) is 0. The number of nitrogens with one attached hydrogen (secondary N) is 1. The van der Waals surface area contributed by atoms with E-state index in [2.05, 4.69) is 5.32 Å². The number of benzene rings is 1. The molecule has 5 heteroatoms. The van der Waals surface area contributed by atoms with E-state index in [0.29, 0.717) is 29.2 Å². The Labute approximate surface area is 141 Å². The molecule has 1 aromatic heterocycles. The summed E-state index contributed by atoms with van der Waals surface area (Å²) in [5, 5.41) is 2.85. The molecule has 1 fully saturated rings. The second-order valence-electron chi connectivity index (χ2n) is 6.24. The van der Waals surface area contributed by atoms with Gasteiger partial charge in [0.05, 0.1) is 12.0 Å². The first-order valence-electron chi connectivity index (χ1n) is 8.28. The molecule has 24 heavy (non-hydrogen) atoms. The number of nitrogens with zero attached hydrogens (tertiary/aromatic N) is 1. The number of hydrogen-bond donors (Lipinski definition) is 1. The van der Waals surface area contributed by atoms with Crippen LogP contribution in [0, 0.1) is 13.8 Å². The number of carbonyl (C=O) groups is 2. The largest absolute Gasteiger partial charge is 0.466 e. The van der Waals surface area contributed by atoms with E-state index in [1.165, 1.54) is 0 Å². The fourth-order valence-electron chi connectivity index (χ4n) is 3.01. The summed E-state index contributed by atoms with van der Waals surface area (Å²) in [5.41, 5.74) is 2.21. The van der Waals surface area contributed by atoms with Crippen molar-refractivity contribution in [2.45, 2.75) is 33.1 Å². The van der Waals surface area contributed by atoms with E-state index in [1.807, 2.05) is 36.1 Å². The molecule has 2 heterocycles. The average Bonchev–Trinajstić information content (AvgIpc) is 3.19. The number of rotatable bonds is 4. The van der Waals surface area contributed by atoms with Crippen LogP contribution in [0.4, 0.5) is 5.69 Å². The van der Waals surface area contributed by atoms with Crippen LogP contribution in [-0.2, 0) is 11.2 Å². The molecule has 1 aromatic carbocycles. The smallest absolute Gasteiger partial charge is 0.259 e. The van der Waals surface area contributed by atoms with E-state index >= 15 is 0 Å². The van der Waals surface area contributed by atoms with Gasteiger partial charge in [0.1, 0.15) is 11.5 Å². The molecule has 0 aliphatic carbocycles. The van der Waals surface area contributed by atoms with Crippen LogP contribution in [0.25, 0.3) is 0 Å². The highest BCUT2D eigenvalue weighted by Gasteiger charge is 2.18. The molecule has 3 rings (SSSR count). The van der Waals surface area contributed by atoms with E-state index in [-0.39, 0.29) is 11.8 Å². The summed E-state index contributed by atoms with van der Waals surface area (Å²) in [6.45, 7) is 5.33. The average molecular weight is 326 g/mol. The summed E-state index contributed by atoms with van der Waals surface area (Å²) >= 11 is 0. The molecule has 1 N–H and O–H groups in total. The van der Waals surface area contributed by atoms with Gasteiger partial charge in [0, 0.05) is 18.8 Å². The van der Waals surface area contributed by atoms with Gasteiger partial charge in [-0.05, 0) is 50.5 Å². The zero-order valence-corrected chi connectivity index (χ0v) is 14.1. The van der Waals surface area contributed by atoms with E-state index in [9.17, 15) is 9.59 Å². The fourth-order valence-corrected chi connectivity index (χ4v) is 3.01. The van der Waals surface area contributed by atoms with Crippen LogP contribution in [0.2, 0.25) is 0 Å². The Hall–Kier alpha value is -2.56. The topological polar surface area (TPSA) is 62.6 Å². The lowest BCUT2D eigenvalue weighted by Crippen LogP contribution is -2.29. The van der Waals surface area contributed by atoms with Gasteiger partial charge < -0.3 is 14.6 Å². The minimum atomic E-state index is -0.190. The zero-order chi connectivity index (χ0) is 17.1. The van der Waals surface area contributed by atoms with Crippen LogP contribution in [0.1, 0.15) is 40.3 Å². The van der Waals surface area contributed by atoms with Gasteiger partial charge in [-0.1, -0.05) is 12.1 Å². The lowest BCUT2D eigenvalue weighted by Gasteiger charge is -2.15. The molecule has 1 saturated heterocycles. The Morgan fingerprint density at radius 1 is 1.12 bits per heavy atom. The molecule has 1 aliphatic rings. The van der Waals surface area contributed by atoms with Gasteiger partial charge in [-0.3, -0.25) is 9.59 Å². The summed E-state index contributed by atoms with van der Waals surface area (Å²) in [6, 6.07) is 9.15. The van der Waals surface area contributed by atoms with Crippen molar-refractivity contribution >= 4 is 17.5 Å². The summed E-state index contributed by atoms with van der Waals surface area (Å²) in [5.74, 6) is 1.31. The molecule has 126 valence electrons. The highest BCUT2D eigenvalue weighted by Crippen LogP contribution is 2.17. The molecule has 2 aromatic rings. The third kappa shape index (κ3) is 3.67. The van der Waals surface area contributed by atoms with Crippen molar-refractivity contribution < 1.29 is 14.0 Å². The van der Waals surface area contributed by atoms with Gasteiger partial charge >= 0.3 is 0 Å². The van der Waals surface area contributed by atoms with E-state index in [1.54, 1.807) is 13.0 Å². The second-order valence-corrected chi connectivity index (χ2v) is 6.24. The number of furan rings is 1. The molecule has 0 bridgehead atoms. The normalized spacial score (nSPS) is 14.0. The van der Waals surface area contributed by atoms with Gasteiger partial charge in [-0.15, -0.1) is 0 Å². The Morgan fingerprint density at radius 3 is 2.38 bits per heavy atom. The quantitative estimate of drug-likeness (QED) is 0.937. The molecule has 2 amide bonds. The van der Waals surface area contributed by atoms with Crippen LogP contribution in [0.5, 0.6) is 0 Å². The van der Waals surface area contributed by atoms with Gasteiger partial charge in [0.2, 0.25) is 5.91 Å². The van der Waals surface area contributed by atoms with Crippen LogP contribution in [0.3, 0.4) is 0 Å². The number of anilines is 1. The van der Waals surface area contributed by atoms with E-state index in [0.717, 1.165) is 31.5 Å². The molecule has 5 nitrogen and oxygen atoms in total. The Morgan fingerprint density at radius 2 is 1.79 bits per heavy atom. The Bertz CT molecular complexity index is 740. The first kappa shape index (κ1) is 16.3. The minimum absolute atomic E-state index is 0.175. The highest BCUT2D eigenvalue weighted by molar-refractivity contribution is 6.05. The fraction of sp³-hybridized carbons (Fsp3) is 0.368. The second kappa shape index (κ2) is 6.91. The summed E-state index contributed by atoms with van der Waals surface area (Å²) < 4.78 is 5.38. The van der Waals surface area contributed by atoms with Crippen molar-refractivity contribution in [2.75, 3.05) is 18.4 Å². The number of hydrogen-bond acceptors (Lipinski definition) is 3. The van der Waals surface area contributed by atoms with Crippen LogP contribution < -0.4 is 5.32 Å². The van der Waals surface area contributed by atoms with Gasteiger partial charge in [0.15, 0.2) is 0 Å². The summed E-state index contributed by atoms with van der Waals surface area (Å²) in [4.78, 5) is 26.3. The molecule has 0 saturated carbocycles. The Balaban J connectivity index is 1.61. The minimum Gasteiger partial charge on any atom is -0.466 e. The maximum atomic E-state index is 12.3. The zero-order valence-electron chi connectivity index (χ0n) is 14.1. The van der Waals surface area contributed by atoms with Crippen molar-refractivity contribution in [1.29, 1.82) is 0 Å².